The Hall–Kier alpha value is -0.120. The fourth-order valence-corrected chi connectivity index (χ4v) is 1.38. The number of nitrogens with zero attached hydrogens (tertiary/aromatic N) is 1. The lowest BCUT2D eigenvalue weighted by atomic mass is 10.3. The van der Waals surface area contributed by atoms with Gasteiger partial charge in [0.2, 0.25) is 5.24 Å². The average molecular weight is 178 g/mol. The quantitative estimate of drug-likeness (QED) is 0.575. The number of morpholine rings is 1. The van der Waals surface area contributed by atoms with Crippen molar-refractivity contribution in [3.05, 3.63) is 0 Å². The van der Waals surface area contributed by atoms with Crippen molar-refractivity contribution in [1.82, 2.24) is 4.90 Å². The normalized spacial score (nSPS) is 26.9. The van der Waals surface area contributed by atoms with Crippen LogP contribution in [0.5, 0.6) is 0 Å². The Labute approximate surface area is 71.3 Å². The van der Waals surface area contributed by atoms with Crippen LogP contribution in [-0.4, -0.2) is 42.5 Å². The molecule has 0 aromatic heterocycles. The lowest BCUT2D eigenvalue weighted by Gasteiger charge is -2.29. The minimum Gasteiger partial charge on any atom is -0.376 e. The van der Waals surface area contributed by atoms with Crippen LogP contribution < -0.4 is 0 Å². The van der Waals surface area contributed by atoms with Gasteiger partial charge in [-0.15, -0.1) is 0 Å². The van der Waals surface area contributed by atoms with Crippen molar-refractivity contribution in [2.75, 3.05) is 26.2 Å². The summed E-state index contributed by atoms with van der Waals surface area (Å²) in [4.78, 5) is 12.5. The van der Waals surface area contributed by atoms with Crippen LogP contribution in [0.3, 0.4) is 0 Å². The van der Waals surface area contributed by atoms with Crippen LogP contribution >= 0.6 is 11.6 Å². The molecule has 1 heterocycles. The number of carbonyl (C=O) groups excluding carboxylic acids is 1. The minimum atomic E-state index is -0.292. The Morgan fingerprint density at radius 1 is 1.82 bits per heavy atom. The second-order valence-electron chi connectivity index (χ2n) is 2.77. The monoisotopic (exact) mass is 177 g/mol. The summed E-state index contributed by atoms with van der Waals surface area (Å²) in [5.74, 6) is 0. The van der Waals surface area contributed by atoms with E-state index in [1.807, 2.05) is 11.8 Å². The SMILES string of the molecule is C[C@H]1CN(CC(=O)Cl)CCO1. The number of carbonyl (C=O) groups is 1. The van der Waals surface area contributed by atoms with Gasteiger partial charge in [0.1, 0.15) is 0 Å². The summed E-state index contributed by atoms with van der Waals surface area (Å²) in [5.41, 5.74) is 0. The van der Waals surface area contributed by atoms with Gasteiger partial charge in [-0.05, 0) is 18.5 Å². The Balaban J connectivity index is 2.28. The molecule has 0 radical (unpaired) electrons. The number of rotatable bonds is 2. The van der Waals surface area contributed by atoms with Gasteiger partial charge in [0.25, 0.3) is 0 Å². The predicted octanol–water partition coefficient (Wildman–Crippen LogP) is 0.472. The standard InChI is InChI=1S/C7H12ClNO2/c1-6-4-9(2-3-11-6)5-7(8)10/h6H,2-5H2,1H3/t6-/m0/s1. The number of hydrogen-bond donors (Lipinski definition) is 0. The number of ether oxygens (including phenoxy) is 1. The highest BCUT2D eigenvalue weighted by atomic mass is 35.5. The summed E-state index contributed by atoms with van der Waals surface area (Å²) in [6.45, 7) is 4.65. The van der Waals surface area contributed by atoms with E-state index in [-0.39, 0.29) is 11.3 Å². The van der Waals surface area contributed by atoms with Crippen molar-refractivity contribution >= 4 is 16.8 Å². The largest absolute Gasteiger partial charge is 0.376 e. The molecule has 1 saturated heterocycles. The summed E-state index contributed by atoms with van der Waals surface area (Å²) in [5, 5.41) is -0.292. The highest BCUT2D eigenvalue weighted by molar-refractivity contribution is 6.64. The Morgan fingerprint density at radius 3 is 3.09 bits per heavy atom. The van der Waals surface area contributed by atoms with Crippen LogP contribution in [0.15, 0.2) is 0 Å². The van der Waals surface area contributed by atoms with E-state index in [1.54, 1.807) is 0 Å². The van der Waals surface area contributed by atoms with E-state index in [9.17, 15) is 4.79 Å². The first-order valence-corrected chi connectivity index (χ1v) is 4.08. The van der Waals surface area contributed by atoms with Gasteiger partial charge in [-0.1, -0.05) is 0 Å². The first kappa shape index (κ1) is 8.97. The van der Waals surface area contributed by atoms with Crippen LogP contribution in [0.1, 0.15) is 6.92 Å². The topological polar surface area (TPSA) is 29.5 Å². The zero-order valence-electron chi connectivity index (χ0n) is 6.55. The fourth-order valence-electron chi connectivity index (χ4n) is 1.21. The van der Waals surface area contributed by atoms with Crippen LogP contribution in [-0.2, 0) is 9.53 Å². The second kappa shape index (κ2) is 4.04. The molecule has 0 unspecified atom stereocenters. The van der Waals surface area contributed by atoms with E-state index in [0.717, 1.165) is 13.1 Å². The third-order valence-electron chi connectivity index (χ3n) is 1.67. The molecule has 0 aromatic carbocycles. The molecule has 0 amide bonds. The van der Waals surface area contributed by atoms with E-state index in [0.29, 0.717) is 13.2 Å². The smallest absolute Gasteiger partial charge is 0.235 e. The Bertz CT molecular complexity index is 151. The molecule has 1 atom stereocenters. The summed E-state index contributed by atoms with van der Waals surface area (Å²) < 4.78 is 5.29. The highest BCUT2D eigenvalue weighted by Gasteiger charge is 2.17. The van der Waals surface area contributed by atoms with Crippen LogP contribution in [0.4, 0.5) is 0 Å². The van der Waals surface area contributed by atoms with E-state index >= 15 is 0 Å². The molecule has 64 valence electrons. The summed E-state index contributed by atoms with van der Waals surface area (Å²) in [6, 6.07) is 0. The third kappa shape index (κ3) is 3.18. The van der Waals surface area contributed by atoms with Gasteiger partial charge in [-0.2, -0.15) is 0 Å². The summed E-state index contributed by atoms with van der Waals surface area (Å²) in [7, 11) is 0. The summed E-state index contributed by atoms with van der Waals surface area (Å²) in [6.07, 6.45) is 0.222. The van der Waals surface area contributed by atoms with Gasteiger partial charge < -0.3 is 4.74 Å². The van der Waals surface area contributed by atoms with Crippen molar-refractivity contribution < 1.29 is 9.53 Å². The van der Waals surface area contributed by atoms with Gasteiger partial charge in [-0.25, -0.2) is 0 Å². The van der Waals surface area contributed by atoms with Crippen molar-refractivity contribution in [2.24, 2.45) is 0 Å². The molecule has 3 nitrogen and oxygen atoms in total. The zero-order chi connectivity index (χ0) is 8.27. The van der Waals surface area contributed by atoms with Gasteiger partial charge in [0.15, 0.2) is 0 Å². The van der Waals surface area contributed by atoms with Gasteiger partial charge in [0, 0.05) is 13.1 Å². The van der Waals surface area contributed by atoms with E-state index in [2.05, 4.69) is 0 Å². The lowest BCUT2D eigenvalue weighted by Crippen LogP contribution is -2.42. The molecule has 0 aliphatic carbocycles. The molecular formula is C7H12ClNO2. The Kier molecular flexibility index (Phi) is 3.30. The van der Waals surface area contributed by atoms with Crippen LogP contribution in [0.25, 0.3) is 0 Å². The molecule has 0 saturated carbocycles. The third-order valence-corrected chi connectivity index (χ3v) is 1.79. The molecule has 1 rings (SSSR count). The van der Waals surface area contributed by atoms with Crippen molar-refractivity contribution in [1.29, 1.82) is 0 Å². The van der Waals surface area contributed by atoms with Crippen molar-refractivity contribution in [2.45, 2.75) is 13.0 Å². The molecular weight excluding hydrogens is 166 g/mol. The number of halogens is 1. The number of hydrogen-bond acceptors (Lipinski definition) is 3. The molecule has 0 N–H and O–H groups in total. The van der Waals surface area contributed by atoms with Crippen LogP contribution in [0, 0.1) is 0 Å². The van der Waals surface area contributed by atoms with E-state index < -0.39 is 0 Å². The first-order valence-electron chi connectivity index (χ1n) is 3.71. The average Bonchev–Trinajstić information content (AvgIpc) is 1.85. The molecule has 1 fully saturated rings. The molecule has 0 spiro atoms. The van der Waals surface area contributed by atoms with E-state index in [1.165, 1.54) is 0 Å². The second-order valence-corrected chi connectivity index (χ2v) is 3.19. The fraction of sp³-hybridized carbons (Fsp3) is 0.857. The molecule has 11 heavy (non-hydrogen) atoms. The highest BCUT2D eigenvalue weighted by Crippen LogP contribution is 2.03. The van der Waals surface area contributed by atoms with Gasteiger partial charge >= 0.3 is 0 Å². The molecule has 0 bridgehead atoms. The maximum atomic E-state index is 10.5. The van der Waals surface area contributed by atoms with E-state index in [4.69, 9.17) is 16.3 Å². The van der Waals surface area contributed by atoms with Crippen molar-refractivity contribution in [3.63, 3.8) is 0 Å². The minimum absolute atomic E-state index is 0.222. The van der Waals surface area contributed by atoms with Gasteiger partial charge in [0.05, 0.1) is 19.3 Å². The Morgan fingerprint density at radius 2 is 2.55 bits per heavy atom. The lowest BCUT2D eigenvalue weighted by molar-refractivity contribution is -0.114. The van der Waals surface area contributed by atoms with Gasteiger partial charge in [-0.3, -0.25) is 9.69 Å². The molecule has 1 aliphatic heterocycles. The molecule has 1 aliphatic rings. The molecule has 0 aromatic rings. The summed E-state index contributed by atoms with van der Waals surface area (Å²) >= 11 is 5.24. The maximum absolute atomic E-state index is 10.5. The predicted molar refractivity (Wildman–Crippen MR) is 42.7 cm³/mol. The zero-order valence-corrected chi connectivity index (χ0v) is 7.30. The maximum Gasteiger partial charge on any atom is 0.235 e. The molecule has 4 heteroatoms. The van der Waals surface area contributed by atoms with Crippen molar-refractivity contribution in [3.8, 4) is 0 Å². The first-order chi connectivity index (χ1) is 5.18. The van der Waals surface area contributed by atoms with Crippen LogP contribution in [0.2, 0.25) is 0 Å².